The quantitative estimate of drug-likeness (QED) is 0.462. The van der Waals surface area contributed by atoms with Gasteiger partial charge in [0.1, 0.15) is 0 Å². The number of hydrogen-bond acceptors (Lipinski definition) is 3. The first-order valence-corrected chi connectivity index (χ1v) is 6.59. The molecule has 0 aromatic carbocycles. The molecule has 0 radical (unpaired) electrons. The van der Waals surface area contributed by atoms with E-state index in [1.54, 1.807) is 0 Å². The van der Waals surface area contributed by atoms with E-state index in [9.17, 15) is 4.79 Å². The zero-order valence-corrected chi connectivity index (χ0v) is 11.1. The van der Waals surface area contributed by atoms with E-state index in [-0.39, 0.29) is 5.97 Å². The van der Waals surface area contributed by atoms with E-state index in [4.69, 9.17) is 4.74 Å². The Morgan fingerprint density at radius 3 is 2.62 bits per heavy atom. The van der Waals surface area contributed by atoms with E-state index in [1.165, 1.54) is 12.8 Å². The number of unbranched alkanes of at least 4 members (excludes halogenated alkanes) is 2. The first kappa shape index (κ1) is 15.4. The third-order valence-corrected chi connectivity index (χ3v) is 2.58. The molecule has 16 heavy (non-hydrogen) atoms. The van der Waals surface area contributed by atoms with Crippen LogP contribution in [-0.4, -0.2) is 25.2 Å². The van der Waals surface area contributed by atoms with E-state index in [2.05, 4.69) is 19.2 Å². The summed E-state index contributed by atoms with van der Waals surface area (Å²) < 4.78 is 4.86. The number of hydrogen-bond donors (Lipinski definition) is 1. The minimum atomic E-state index is -0.0604. The number of nitrogens with one attached hydrogen (secondary N) is 1. The predicted molar refractivity (Wildman–Crippen MR) is 67.5 cm³/mol. The van der Waals surface area contributed by atoms with Gasteiger partial charge >= 0.3 is 5.97 Å². The number of esters is 1. The highest BCUT2D eigenvalue weighted by molar-refractivity contribution is 5.69. The van der Waals surface area contributed by atoms with Gasteiger partial charge in [-0.25, -0.2) is 0 Å². The highest BCUT2D eigenvalue weighted by Crippen LogP contribution is 2.01. The van der Waals surface area contributed by atoms with Gasteiger partial charge in [0.15, 0.2) is 0 Å². The summed E-state index contributed by atoms with van der Waals surface area (Å²) >= 11 is 0. The molecule has 1 unspecified atom stereocenters. The molecule has 0 rings (SSSR count). The second-order valence-electron chi connectivity index (χ2n) is 4.26. The molecule has 0 fully saturated rings. The molecule has 3 nitrogen and oxygen atoms in total. The summed E-state index contributed by atoms with van der Waals surface area (Å²) in [5.74, 6) is -0.0604. The summed E-state index contributed by atoms with van der Waals surface area (Å²) in [6, 6.07) is 0.620. The van der Waals surface area contributed by atoms with E-state index in [1.807, 2.05) is 6.92 Å². The first-order chi connectivity index (χ1) is 7.70. The maximum Gasteiger partial charge on any atom is 0.305 e. The maximum atomic E-state index is 11.0. The molecule has 1 atom stereocenters. The fourth-order valence-electron chi connectivity index (χ4n) is 1.69. The Morgan fingerprint density at radius 2 is 2.00 bits per heavy atom. The molecular weight excluding hydrogens is 202 g/mol. The Bertz CT molecular complexity index is 171. The summed E-state index contributed by atoms with van der Waals surface area (Å²) in [7, 11) is 0. The molecule has 0 aliphatic rings. The van der Waals surface area contributed by atoms with Crippen molar-refractivity contribution in [3.05, 3.63) is 0 Å². The number of rotatable bonds is 10. The van der Waals surface area contributed by atoms with Gasteiger partial charge in [0.2, 0.25) is 0 Å². The lowest BCUT2D eigenvalue weighted by Gasteiger charge is -2.11. The van der Waals surface area contributed by atoms with Gasteiger partial charge in [0, 0.05) is 12.5 Å². The molecular formula is C13H27NO2. The van der Waals surface area contributed by atoms with Crippen molar-refractivity contribution in [3.8, 4) is 0 Å². The summed E-state index contributed by atoms with van der Waals surface area (Å²) in [6.07, 6.45) is 6.24. The van der Waals surface area contributed by atoms with Gasteiger partial charge in [-0.3, -0.25) is 4.79 Å². The Morgan fingerprint density at radius 1 is 1.25 bits per heavy atom. The van der Waals surface area contributed by atoms with Crippen molar-refractivity contribution in [3.63, 3.8) is 0 Å². The van der Waals surface area contributed by atoms with Crippen molar-refractivity contribution in [1.29, 1.82) is 0 Å². The molecule has 3 heteroatoms. The van der Waals surface area contributed by atoms with E-state index < -0.39 is 0 Å². The normalized spacial score (nSPS) is 12.4. The van der Waals surface area contributed by atoms with E-state index in [0.29, 0.717) is 19.1 Å². The molecule has 0 saturated carbocycles. The summed E-state index contributed by atoms with van der Waals surface area (Å²) in [6.45, 7) is 7.83. The molecule has 96 valence electrons. The van der Waals surface area contributed by atoms with Gasteiger partial charge < -0.3 is 10.1 Å². The van der Waals surface area contributed by atoms with Gasteiger partial charge in [-0.1, -0.05) is 19.8 Å². The topological polar surface area (TPSA) is 38.3 Å². The van der Waals surface area contributed by atoms with Crippen LogP contribution in [0.2, 0.25) is 0 Å². The molecule has 0 aliphatic heterocycles. The third-order valence-electron chi connectivity index (χ3n) is 2.58. The standard InChI is InChI=1S/C13H27NO2/c1-4-9-12(3)14-11-8-6-7-10-13(15)16-5-2/h12,14H,4-11H2,1-3H3. The zero-order valence-electron chi connectivity index (χ0n) is 11.1. The van der Waals surface area contributed by atoms with E-state index in [0.717, 1.165) is 25.8 Å². The third kappa shape index (κ3) is 9.97. The Balaban J connectivity index is 3.18. The minimum Gasteiger partial charge on any atom is -0.466 e. The van der Waals surface area contributed by atoms with Crippen LogP contribution in [0.15, 0.2) is 0 Å². The monoisotopic (exact) mass is 229 g/mol. The van der Waals surface area contributed by atoms with Gasteiger partial charge in [-0.2, -0.15) is 0 Å². The van der Waals surface area contributed by atoms with Crippen LogP contribution in [-0.2, 0) is 9.53 Å². The molecule has 0 bridgehead atoms. The molecule has 0 saturated heterocycles. The average Bonchev–Trinajstić information content (AvgIpc) is 2.24. The van der Waals surface area contributed by atoms with Gasteiger partial charge in [-0.15, -0.1) is 0 Å². The predicted octanol–water partition coefficient (Wildman–Crippen LogP) is 2.89. The van der Waals surface area contributed by atoms with Crippen LogP contribution in [0.25, 0.3) is 0 Å². The Hall–Kier alpha value is -0.570. The lowest BCUT2D eigenvalue weighted by Crippen LogP contribution is -2.26. The Labute approximate surface area is 99.9 Å². The van der Waals surface area contributed by atoms with Crippen molar-refractivity contribution in [2.75, 3.05) is 13.2 Å². The van der Waals surface area contributed by atoms with Crippen molar-refractivity contribution in [2.45, 2.75) is 65.3 Å². The largest absolute Gasteiger partial charge is 0.466 e. The first-order valence-electron chi connectivity index (χ1n) is 6.59. The smallest absolute Gasteiger partial charge is 0.305 e. The van der Waals surface area contributed by atoms with E-state index >= 15 is 0 Å². The number of ether oxygens (including phenoxy) is 1. The molecule has 0 aromatic rings. The van der Waals surface area contributed by atoms with Crippen LogP contribution in [0, 0.1) is 0 Å². The number of carbonyl (C=O) groups is 1. The fraction of sp³-hybridized carbons (Fsp3) is 0.923. The van der Waals surface area contributed by atoms with Gasteiger partial charge in [0.25, 0.3) is 0 Å². The van der Waals surface area contributed by atoms with Crippen LogP contribution in [0.5, 0.6) is 0 Å². The highest BCUT2D eigenvalue weighted by atomic mass is 16.5. The summed E-state index contributed by atoms with van der Waals surface area (Å²) in [4.78, 5) is 11.0. The van der Waals surface area contributed by atoms with Crippen molar-refractivity contribution in [1.82, 2.24) is 5.32 Å². The summed E-state index contributed by atoms with van der Waals surface area (Å²) in [5.41, 5.74) is 0. The molecule has 0 amide bonds. The molecule has 1 N–H and O–H groups in total. The van der Waals surface area contributed by atoms with Crippen molar-refractivity contribution >= 4 is 5.97 Å². The molecule has 0 aliphatic carbocycles. The Kier molecular flexibility index (Phi) is 10.5. The minimum absolute atomic E-state index is 0.0604. The van der Waals surface area contributed by atoms with Crippen LogP contribution >= 0.6 is 0 Å². The molecule has 0 heterocycles. The van der Waals surface area contributed by atoms with Crippen LogP contribution in [0.1, 0.15) is 59.3 Å². The van der Waals surface area contributed by atoms with Crippen molar-refractivity contribution < 1.29 is 9.53 Å². The lowest BCUT2D eigenvalue weighted by molar-refractivity contribution is -0.143. The second-order valence-corrected chi connectivity index (χ2v) is 4.26. The second kappa shape index (κ2) is 10.9. The maximum absolute atomic E-state index is 11.0. The molecule has 0 aromatic heterocycles. The van der Waals surface area contributed by atoms with Gasteiger partial charge in [-0.05, 0) is 39.7 Å². The van der Waals surface area contributed by atoms with Crippen LogP contribution in [0.3, 0.4) is 0 Å². The van der Waals surface area contributed by atoms with Gasteiger partial charge in [0.05, 0.1) is 6.61 Å². The number of carbonyl (C=O) groups excluding carboxylic acids is 1. The average molecular weight is 229 g/mol. The fourth-order valence-corrected chi connectivity index (χ4v) is 1.69. The van der Waals surface area contributed by atoms with Crippen LogP contribution in [0.4, 0.5) is 0 Å². The lowest BCUT2D eigenvalue weighted by atomic mass is 10.1. The van der Waals surface area contributed by atoms with Crippen molar-refractivity contribution in [2.24, 2.45) is 0 Å². The summed E-state index contributed by atoms with van der Waals surface area (Å²) in [5, 5.41) is 3.48. The zero-order chi connectivity index (χ0) is 12.2. The highest BCUT2D eigenvalue weighted by Gasteiger charge is 2.01. The SMILES string of the molecule is CCCC(C)NCCCCCC(=O)OCC. The van der Waals surface area contributed by atoms with Crippen LogP contribution < -0.4 is 5.32 Å². The molecule has 0 spiro atoms.